The maximum Gasteiger partial charge on any atom is 0.243 e. The van der Waals surface area contributed by atoms with Gasteiger partial charge in [-0.2, -0.15) is 4.98 Å². The first-order valence-corrected chi connectivity index (χ1v) is 6.53. The number of pyridine rings is 1. The second-order valence-corrected chi connectivity index (χ2v) is 5.08. The van der Waals surface area contributed by atoms with E-state index in [-0.39, 0.29) is 0 Å². The average molecular weight is 246 g/mol. The highest BCUT2D eigenvalue weighted by Crippen LogP contribution is 2.27. The molecule has 2 aromatic heterocycles. The van der Waals surface area contributed by atoms with Crippen molar-refractivity contribution >= 4 is 11.6 Å². The smallest absolute Gasteiger partial charge is 0.243 e. The van der Waals surface area contributed by atoms with E-state index in [0.717, 1.165) is 31.3 Å². The number of nitrogens with one attached hydrogen (secondary N) is 1. The molecule has 0 radical (unpaired) electrons. The molecule has 5 heteroatoms. The SMILES string of the molecule is OC1(CNc2nc3ccccn3n2)CCCCC1. The van der Waals surface area contributed by atoms with Gasteiger partial charge in [-0.1, -0.05) is 25.3 Å². The van der Waals surface area contributed by atoms with Crippen LogP contribution in [0.1, 0.15) is 32.1 Å². The van der Waals surface area contributed by atoms with Crippen molar-refractivity contribution in [1.82, 2.24) is 14.6 Å². The molecular formula is C13H18N4O. The molecule has 0 amide bonds. The third-order valence-corrected chi connectivity index (χ3v) is 3.60. The van der Waals surface area contributed by atoms with Gasteiger partial charge < -0.3 is 10.4 Å². The van der Waals surface area contributed by atoms with E-state index in [1.165, 1.54) is 6.42 Å². The van der Waals surface area contributed by atoms with Gasteiger partial charge in [0.2, 0.25) is 5.95 Å². The highest BCUT2D eigenvalue weighted by molar-refractivity contribution is 5.42. The number of hydrogen-bond donors (Lipinski definition) is 2. The van der Waals surface area contributed by atoms with Crippen LogP contribution < -0.4 is 5.32 Å². The molecule has 0 saturated heterocycles. The van der Waals surface area contributed by atoms with Crippen molar-refractivity contribution in [3.05, 3.63) is 24.4 Å². The van der Waals surface area contributed by atoms with Crippen LogP contribution in [0.3, 0.4) is 0 Å². The van der Waals surface area contributed by atoms with Crippen molar-refractivity contribution in [1.29, 1.82) is 0 Å². The molecule has 2 heterocycles. The Bertz CT molecular complexity index is 498. The summed E-state index contributed by atoms with van der Waals surface area (Å²) in [6.45, 7) is 0.532. The van der Waals surface area contributed by atoms with E-state index in [4.69, 9.17) is 0 Å². The number of rotatable bonds is 3. The molecule has 1 saturated carbocycles. The van der Waals surface area contributed by atoms with E-state index < -0.39 is 5.60 Å². The van der Waals surface area contributed by atoms with Crippen LogP contribution in [0.15, 0.2) is 24.4 Å². The summed E-state index contributed by atoms with van der Waals surface area (Å²) in [5.74, 6) is 0.584. The van der Waals surface area contributed by atoms with Crippen molar-refractivity contribution in [3.8, 4) is 0 Å². The minimum atomic E-state index is -0.588. The lowest BCUT2D eigenvalue weighted by Gasteiger charge is -2.31. The van der Waals surface area contributed by atoms with Gasteiger partial charge in [0.05, 0.1) is 5.60 Å². The van der Waals surface area contributed by atoms with Crippen molar-refractivity contribution < 1.29 is 5.11 Å². The molecular weight excluding hydrogens is 228 g/mol. The molecule has 2 aromatic rings. The molecule has 3 rings (SSSR count). The summed E-state index contributed by atoms with van der Waals surface area (Å²) >= 11 is 0. The van der Waals surface area contributed by atoms with Gasteiger partial charge in [-0.3, -0.25) is 0 Å². The maximum atomic E-state index is 10.4. The Labute approximate surface area is 106 Å². The summed E-state index contributed by atoms with van der Waals surface area (Å²) in [6.07, 6.45) is 7.05. The van der Waals surface area contributed by atoms with E-state index in [0.29, 0.717) is 12.5 Å². The number of hydrogen-bond acceptors (Lipinski definition) is 4. The minimum Gasteiger partial charge on any atom is -0.388 e. The summed E-state index contributed by atoms with van der Waals surface area (Å²) in [7, 11) is 0. The molecule has 1 aliphatic rings. The van der Waals surface area contributed by atoms with Crippen molar-refractivity contribution in [3.63, 3.8) is 0 Å². The molecule has 0 bridgehead atoms. The second-order valence-electron chi connectivity index (χ2n) is 5.08. The molecule has 2 N–H and O–H groups in total. The Balaban J connectivity index is 1.69. The molecule has 5 nitrogen and oxygen atoms in total. The van der Waals surface area contributed by atoms with Gasteiger partial charge in [-0.25, -0.2) is 4.52 Å². The van der Waals surface area contributed by atoms with Gasteiger partial charge in [0.1, 0.15) is 0 Å². The van der Waals surface area contributed by atoms with Gasteiger partial charge in [0.25, 0.3) is 0 Å². The lowest BCUT2D eigenvalue weighted by Crippen LogP contribution is -2.39. The fraction of sp³-hybridized carbons (Fsp3) is 0.538. The average Bonchev–Trinajstić information content (AvgIpc) is 2.80. The van der Waals surface area contributed by atoms with Crippen LogP contribution in [0.2, 0.25) is 0 Å². The molecule has 18 heavy (non-hydrogen) atoms. The first-order chi connectivity index (χ1) is 8.75. The third kappa shape index (κ3) is 2.31. The number of fused-ring (bicyclic) bond motifs is 1. The van der Waals surface area contributed by atoms with Gasteiger partial charge in [-0.05, 0) is 25.0 Å². The Kier molecular flexibility index (Phi) is 2.91. The molecule has 0 unspecified atom stereocenters. The van der Waals surface area contributed by atoms with Gasteiger partial charge in [-0.15, -0.1) is 5.10 Å². The molecule has 0 aliphatic heterocycles. The molecule has 0 spiro atoms. The maximum absolute atomic E-state index is 10.4. The Morgan fingerprint density at radius 3 is 2.89 bits per heavy atom. The predicted molar refractivity (Wildman–Crippen MR) is 69.5 cm³/mol. The largest absolute Gasteiger partial charge is 0.388 e. The standard InChI is InChI=1S/C13H18N4O/c18-13(7-3-1-4-8-13)10-14-12-15-11-6-2-5-9-17(11)16-12/h2,5-6,9,18H,1,3-4,7-8,10H2,(H,14,16). The van der Waals surface area contributed by atoms with Gasteiger partial charge >= 0.3 is 0 Å². The van der Waals surface area contributed by atoms with Gasteiger partial charge in [0.15, 0.2) is 5.65 Å². The summed E-state index contributed by atoms with van der Waals surface area (Å²) in [6, 6.07) is 5.76. The summed E-state index contributed by atoms with van der Waals surface area (Å²) in [5.41, 5.74) is 0.228. The zero-order chi connectivity index (χ0) is 12.4. The van der Waals surface area contributed by atoms with Crippen LogP contribution in [0.4, 0.5) is 5.95 Å². The molecule has 0 atom stereocenters. The van der Waals surface area contributed by atoms with Crippen molar-refractivity contribution in [2.45, 2.75) is 37.7 Å². The number of aromatic nitrogens is 3. The zero-order valence-electron chi connectivity index (χ0n) is 10.3. The van der Waals surface area contributed by atoms with Crippen LogP contribution in [0.5, 0.6) is 0 Å². The fourth-order valence-corrected chi connectivity index (χ4v) is 2.54. The highest BCUT2D eigenvalue weighted by Gasteiger charge is 2.29. The lowest BCUT2D eigenvalue weighted by molar-refractivity contribution is 0.0166. The lowest BCUT2D eigenvalue weighted by atomic mass is 9.85. The van der Waals surface area contributed by atoms with Crippen LogP contribution in [0.25, 0.3) is 5.65 Å². The zero-order valence-corrected chi connectivity index (χ0v) is 10.3. The van der Waals surface area contributed by atoms with E-state index in [1.807, 2.05) is 24.4 Å². The van der Waals surface area contributed by atoms with Crippen molar-refractivity contribution in [2.75, 3.05) is 11.9 Å². The third-order valence-electron chi connectivity index (χ3n) is 3.60. The molecule has 1 fully saturated rings. The normalized spacial score (nSPS) is 18.9. The summed E-state index contributed by atoms with van der Waals surface area (Å²) < 4.78 is 1.73. The van der Waals surface area contributed by atoms with Crippen LogP contribution >= 0.6 is 0 Å². The first-order valence-electron chi connectivity index (χ1n) is 6.53. The number of nitrogens with zero attached hydrogens (tertiary/aromatic N) is 3. The van der Waals surface area contributed by atoms with Crippen molar-refractivity contribution in [2.24, 2.45) is 0 Å². The van der Waals surface area contributed by atoms with Crippen LogP contribution in [0, 0.1) is 0 Å². The van der Waals surface area contributed by atoms with E-state index in [1.54, 1.807) is 4.52 Å². The monoisotopic (exact) mass is 246 g/mol. The second kappa shape index (κ2) is 4.57. The number of aliphatic hydroxyl groups is 1. The first kappa shape index (κ1) is 11.5. The van der Waals surface area contributed by atoms with E-state index >= 15 is 0 Å². The van der Waals surface area contributed by atoms with Crippen LogP contribution in [-0.4, -0.2) is 31.9 Å². The van der Waals surface area contributed by atoms with E-state index in [2.05, 4.69) is 15.4 Å². The Morgan fingerprint density at radius 2 is 2.11 bits per heavy atom. The molecule has 0 aromatic carbocycles. The summed E-state index contributed by atoms with van der Waals surface area (Å²) in [4.78, 5) is 4.36. The minimum absolute atomic E-state index is 0.532. The van der Waals surface area contributed by atoms with E-state index in [9.17, 15) is 5.11 Å². The van der Waals surface area contributed by atoms with Crippen LogP contribution in [-0.2, 0) is 0 Å². The topological polar surface area (TPSA) is 62.5 Å². The predicted octanol–water partition coefficient (Wildman–Crippen LogP) is 1.84. The summed E-state index contributed by atoms with van der Waals surface area (Å²) in [5, 5.41) is 17.8. The highest BCUT2D eigenvalue weighted by atomic mass is 16.3. The molecule has 1 aliphatic carbocycles. The fourth-order valence-electron chi connectivity index (χ4n) is 2.54. The Hall–Kier alpha value is -1.62. The quantitative estimate of drug-likeness (QED) is 0.867. The Morgan fingerprint density at radius 1 is 1.28 bits per heavy atom. The number of anilines is 1. The van der Waals surface area contributed by atoms with Gasteiger partial charge in [0, 0.05) is 12.7 Å². The molecule has 96 valence electrons.